The minimum atomic E-state index is -0.852. The number of esters is 1. The molecular formula is C37H52N2O8. The monoisotopic (exact) mass is 652 g/mol. The average Bonchev–Trinajstić information content (AvgIpc) is 3.08. The van der Waals surface area contributed by atoms with Gasteiger partial charge in [0.25, 0.3) is 11.8 Å². The number of carbonyl (C=O) groups excluding carboxylic acids is 4. The molecule has 10 nitrogen and oxygen atoms in total. The van der Waals surface area contributed by atoms with E-state index >= 15 is 0 Å². The Kier molecular flexibility index (Phi) is 14.7. The number of nitrogens with zero attached hydrogens (tertiary/aromatic N) is 1. The van der Waals surface area contributed by atoms with E-state index < -0.39 is 35.2 Å². The van der Waals surface area contributed by atoms with Crippen molar-refractivity contribution >= 4 is 23.6 Å². The molecule has 47 heavy (non-hydrogen) atoms. The molecule has 0 spiro atoms. The number of aryl methyl sites for hydroxylation is 2. The Labute approximate surface area is 279 Å². The summed E-state index contributed by atoms with van der Waals surface area (Å²) in [7, 11) is 1.63. The van der Waals surface area contributed by atoms with Crippen molar-refractivity contribution in [2.75, 3.05) is 33.4 Å². The number of piperidine rings is 1. The van der Waals surface area contributed by atoms with Crippen LogP contribution in [0.4, 0.5) is 0 Å². The Morgan fingerprint density at radius 1 is 1.06 bits per heavy atom. The number of aliphatic hydroxyl groups is 1. The van der Waals surface area contributed by atoms with E-state index in [2.05, 4.69) is 5.32 Å². The molecule has 3 rings (SSSR count). The summed E-state index contributed by atoms with van der Waals surface area (Å²) in [5.74, 6) is -0.698. The number of aliphatic hydroxyl groups excluding tert-OH is 1. The Morgan fingerprint density at radius 3 is 2.57 bits per heavy atom. The first-order valence-corrected chi connectivity index (χ1v) is 16.8. The maximum atomic E-state index is 13.8. The van der Waals surface area contributed by atoms with E-state index in [0.29, 0.717) is 62.9 Å². The first-order valence-electron chi connectivity index (χ1n) is 16.8. The molecular weight excluding hydrogens is 600 g/mol. The summed E-state index contributed by atoms with van der Waals surface area (Å²) in [6.07, 6.45) is 5.03. The van der Waals surface area contributed by atoms with Crippen LogP contribution >= 0.6 is 0 Å². The van der Waals surface area contributed by atoms with Crippen LogP contribution in [0.15, 0.2) is 42.5 Å². The SMILES string of the molecule is CCC(C)(C)C(=O)C(=O)N1CCCCC1C(=O)OC(CCc1ccc(C)c(OC)c1)c1cccc(OCC(=O)NCCCCCO)c1. The van der Waals surface area contributed by atoms with Gasteiger partial charge < -0.3 is 29.5 Å². The summed E-state index contributed by atoms with van der Waals surface area (Å²) < 4.78 is 17.5. The molecule has 0 aromatic heterocycles. The van der Waals surface area contributed by atoms with E-state index in [1.165, 1.54) is 4.90 Å². The highest BCUT2D eigenvalue weighted by atomic mass is 16.5. The maximum absolute atomic E-state index is 13.8. The highest BCUT2D eigenvalue weighted by Crippen LogP contribution is 2.31. The molecule has 0 radical (unpaired) electrons. The molecule has 2 atom stereocenters. The summed E-state index contributed by atoms with van der Waals surface area (Å²) in [6.45, 7) is 8.13. The van der Waals surface area contributed by atoms with Gasteiger partial charge in [0.15, 0.2) is 6.61 Å². The van der Waals surface area contributed by atoms with Crippen molar-refractivity contribution in [1.29, 1.82) is 0 Å². The van der Waals surface area contributed by atoms with Gasteiger partial charge in [-0.3, -0.25) is 14.4 Å². The minimum absolute atomic E-state index is 0.136. The number of benzene rings is 2. The van der Waals surface area contributed by atoms with Crippen molar-refractivity contribution in [1.82, 2.24) is 10.2 Å². The predicted octanol–water partition coefficient (Wildman–Crippen LogP) is 5.26. The number of nitrogens with one attached hydrogen (secondary N) is 1. The van der Waals surface area contributed by atoms with Crippen LogP contribution in [0.2, 0.25) is 0 Å². The lowest BCUT2D eigenvalue weighted by atomic mass is 9.84. The zero-order valence-corrected chi connectivity index (χ0v) is 28.6. The van der Waals surface area contributed by atoms with Crippen LogP contribution < -0.4 is 14.8 Å². The van der Waals surface area contributed by atoms with Gasteiger partial charge in [0, 0.05) is 25.1 Å². The lowest BCUT2D eigenvalue weighted by molar-refractivity contribution is -0.164. The molecule has 0 bridgehead atoms. The number of Topliss-reactive ketones (excluding diaryl/α,β-unsaturated/α-hetero) is 1. The van der Waals surface area contributed by atoms with Gasteiger partial charge in [0.05, 0.1) is 7.11 Å². The van der Waals surface area contributed by atoms with Gasteiger partial charge in [-0.25, -0.2) is 4.79 Å². The third-order valence-corrected chi connectivity index (χ3v) is 8.91. The van der Waals surface area contributed by atoms with Gasteiger partial charge in [-0.2, -0.15) is 0 Å². The van der Waals surface area contributed by atoms with Crippen LogP contribution in [0.5, 0.6) is 11.5 Å². The van der Waals surface area contributed by atoms with Crippen LogP contribution in [0, 0.1) is 12.3 Å². The number of ether oxygens (including phenoxy) is 3. The molecule has 1 aliphatic rings. The summed E-state index contributed by atoms with van der Waals surface area (Å²) in [4.78, 5) is 54.0. The molecule has 10 heteroatoms. The highest BCUT2D eigenvalue weighted by Gasteiger charge is 2.41. The quantitative estimate of drug-likeness (QED) is 0.127. The van der Waals surface area contributed by atoms with Crippen LogP contribution in [0.3, 0.4) is 0 Å². The molecule has 1 saturated heterocycles. The number of hydrogen-bond donors (Lipinski definition) is 2. The number of unbranched alkanes of at least 4 members (excludes halogenated alkanes) is 2. The van der Waals surface area contributed by atoms with Crippen LogP contribution in [0.1, 0.15) is 94.9 Å². The Hall–Kier alpha value is -3.92. The smallest absolute Gasteiger partial charge is 0.329 e. The predicted molar refractivity (Wildman–Crippen MR) is 179 cm³/mol. The fourth-order valence-corrected chi connectivity index (χ4v) is 5.48. The number of carbonyl (C=O) groups is 4. The number of likely N-dealkylation sites (tertiary alicyclic amines) is 1. The number of rotatable bonds is 18. The normalized spacial score (nSPS) is 15.4. The molecule has 258 valence electrons. The minimum Gasteiger partial charge on any atom is -0.496 e. The molecule has 2 aromatic carbocycles. The van der Waals surface area contributed by atoms with Gasteiger partial charge in [0.2, 0.25) is 5.78 Å². The topological polar surface area (TPSA) is 131 Å². The van der Waals surface area contributed by atoms with Gasteiger partial charge >= 0.3 is 5.97 Å². The van der Waals surface area contributed by atoms with Gasteiger partial charge in [0.1, 0.15) is 23.6 Å². The van der Waals surface area contributed by atoms with E-state index in [1.54, 1.807) is 39.2 Å². The summed E-state index contributed by atoms with van der Waals surface area (Å²) in [5.41, 5.74) is 1.90. The van der Waals surface area contributed by atoms with Crippen molar-refractivity contribution in [2.24, 2.45) is 5.41 Å². The molecule has 1 heterocycles. The van der Waals surface area contributed by atoms with E-state index in [9.17, 15) is 19.2 Å². The lowest BCUT2D eigenvalue weighted by Gasteiger charge is -2.36. The van der Waals surface area contributed by atoms with Crippen molar-refractivity contribution in [3.63, 3.8) is 0 Å². The number of methoxy groups -OCH3 is 1. The van der Waals surface area contributed by atoms with Crippen LogP contribution in [-0.2, 0) is 30.3 Å². The number of ketones is 1. The molecule has 0 aliphatic carbocycles. The number of hydrogen-bond acceptors (Lipinski definition) is 8. The second kappa shape index (κ2) is 18.4. The summed E-state index contributed by atoms with van der Waals surface area (Å²) in [6, 6.07) is 12.3. The molecule has 2 N–H and O–H groups in total. The third-order valence-electron chi connectivity index (χ3n) is 8.91. The third kappa shape index (κ3) is 11.1. The second-order valence-corrected chi connectivity index (χ2v) is 12.8. The fourth-order valence-electron chi connectivity index (χ4n) is 5.48. The van der Waals surface area contributed by atoms with E-state index in [4.69, 9.17) is 19.3 Å². The standard InChI is InChI=1S/C37H52N2O8/c1-6-37(3,4)34(42)35(43)39-21-10-8-15-30(39)36(44)47-31(19-18-27-17-16-26(2)32(23-27)45-5)28-13-12-14-29(24-28)46-25-33(41)38-20-9-7-11-22-40/h12-14,16-17,23-24,30-31,40H,6-11,15,18-22,25H2,1-5H3,(H,38,41). The Morgan fingerprint density at radius 2 is 1.85 bits per heavy atom. The van der Waals surface area contributed by atoms with Crippen LogP contribution in [0.25, 0.3) is 0 Å². The Bertz CT molecular complexity index is 1360. The summed E-state index contributed by atoms with van der Waals surface area (Å²) in [5, 5.41) is 11.7. The first kappa shape index (κ1) is 37.5. The lowest BCUT2D eigenvalue weighted by Crippen LogP contribution is -2.53. The zero-order chi connectivity index (χ0) is 34.4. The largest absolute Gasteiger partial charge is 0.496 e. The van der Waals surface area contributed by atoms with Crippen molar-refractivity contribution < 1.29 is 38.5 Å². The Balaban J connectivity index is 1.79. The van der Waals surface area contributed by atoms with Gasteiger partial charge in [-0.15, -0.1) is 0 Å². The molecule has 0 saturated carbocycles. The van der Waals surface area contributed by atoms with Gasteiger partial charge in [-0.05, 0) is 99.6 Å². The maximum Gasteiger partial charge on any atom is 0.329 e. The summed E-state index contributed by atoms with van der Waals surface area (Å²) >= 11 is 0. The first-order chi connectivity index (χ1) is 22.5. The van der Waals surface area contributed by atoms with Crippen molar-refractivity contribution in [2.45, 2.75) is 97.6 Å². The van der Waals surface area contributed by atoms with E-state index in [0.717, 1.165) is 36.1 Å². The number of amides is 2. The molecule has 2 amide bonds. The molecule has 2 unspecified atom stereocenters. The van der Waals surface area contributed by atoms with Crippen molar-refractivity contribution in [3.05, 3.63) is 59.2 Å². The van der Waals surface area contributed by atoms with Crippen LogP contribution in [-0.4, -0.2) is 73.0 Å². The molecule has 2 aromatic rings. The van der Waals surface area contributed by atoms with Crippen molar-refractivity contribution in [3.8, 4) is 11.5 Å². The zero-order valence-electron chi connectivity index (χ0n) is 28.6. The van der Waals surface area contributed by atoms with E-state index in [1.807, 2.05) is 38.1 Å². The van der Waals surface area contributed by atoms with E-state index in [-0.39, 0.29) is 19.1 Å². The molecule has 1 aliphatic heterocycles. The van der Waals surface area contributed by atoms with Gasteiger partial charge in [-0.1, -0.05) is 45.0 Å². The highest BCUT2D eigenvalue weighted by molar-refractivity contribution is 6.38. The fraction of sp³-hybridized carbons (Fsp3) is 0.568. The second-order valence-electron chi connectivity index (χ2n) is 12.8. The average molecular weight is 653 g/mol. The molecule has 1 fully saturated rings.